The highest BCUT2D eigenvalue weighted by Crippen LogP contribution is 2.32. The molecule has 0 aliphatic carbocycles. The molecule has 84 valence electrons. The molecule has 0 spiro atoms. The van der Waals surface area contributed by atoms with Gasteiger partial charge >= 0.3 is 0 Å². The summed E-state index contributed by atoms with van der Waals surface area (Å²) in [6.07, 6.45) is 2.12. The van der Waals surface area contributed by atoms with Crippen molar-refractivity contribution in [1.29, 1.82) is 0 Å². The fourth-order valence-corrected chi connectivity index (χ4v) is 2.11. The highest BCUT2D eigenvalue weighted by molar-refractivity contribution is 6.38. The summed E-state index contributed by atoms with van der Waals surface area (Å²) in [5.41, 5.74) is 12.9. The van der Waals surface area contributed by atoms with Gasteiger partial charge in [-0.15, -0.1) is 0 Å². The van der Waals surface area contributed by atoms with E-state index in [-0.39, 0.29) is 0 Å². The minimum absolute atomic E-state index is 0.311. The monoisotopic (exact) mass is 246 g/mol. The summed E-state index contributed by atoms with van der Waals surface area (Å²) in [7, 11) is 0. The molecule has 1 aromatic carbocycles. The van der Waals surface area contributed by atoms with Gasteiger partial charge in [0.05, 0.1) is 15.7 Å². The largest absolute Gasteiger partial charge is 0.396 e. The molecule has 4 N–H and O–H groups in total. The van der Waals surface area contributed by atoms with E-state index in [4.69, 9.17) is 34.7 Å². The number of rotatable bonds is 4. The Hall–Kier alpha value is -0.440. The van der Waals surface area contributed by atoms with Crippen LogP contribution in [0.15, 0.2) is 12.1 Å². The Kier molecular flexibility index (Phi) is 4.71. The molecule has 0 heterocycles. The predicted molar refractivity (Wildman–Crippen MR) is 67.6 cm³/mol. The van der Waals surface area contributed by atoms with E-state index < -0.39 is 0 Å². The van der Waals surface area contributed by atoms with Crippen LogP contribution in [0.25, 0.3) is 0 Å². The molecule has 0 radical (unpaired) electrons. The molecule has 0 saturated carbocycles. The summed E-state index contributed by atoms with van der Waals surface area (Å²) in [4.78, 5) is 0. The van der Waals surface area contributed by atoms with Crippen molar-refractivity contribution in [2.45, 2.75) is 25.7 Å². The first-order valence-electron chi connectivity index (χ1n) is 5.04. The van der Waals surface area contributed by atoms with Crippen LogP contribution < -0.4 is 11.5 Å². The molecule has 0 aliphatic heterocycles. The molecule has 0 saturated heterocycles. The van der Waals surface area contributed by atoms with Crippen molar-refractivity contribution in [2.24, 2.45) is 5.73 Å². The fourth-order valence-electron chi connectivity index (χ4n) is 1.61. The Balaban J connectivity index is 3.03. The van der Waals surface area contributed by atoms with E-state index in [0.29, 0.717) is 28.2 Å². The van der Waals surface area contributed by atoms with Gasteiger partial charge < -0.3 is 11.5 Å². The second-order valence-electron chi connectivity index (χ2n) is 3.62. The molecule has 15 heavy (non-hydrogen) atoms. The first-order valence-corrected chi connectivity index (χ1v) is 5.80. The third-order valence-corrected chi connectivity index (χ3v) is 3.12. The summed E-state index contributed by atoms with van der Waals surface area (Å²) in [6.45, 7) is 2.73. The highest BCUT2D eigenvalue weighted by Gasteiger charge is 2.12. The number of nitrogens with two attached hydrogens (primary N) is 2. The smallest absolute Gasteiger partial charge is 0.0693 e. The fraction of sp³-hybridized carbons (Fsp3) is 0.455. The lowest BCUT2D eigenvalue weighted by Gasteiger charge is -2.15. The molecule has 2 nitrogen and oxygen atoms in total. The normalized spacial score (nSPS) is 12.8. The number of benzene rings is 1. The van der Waals surface area contributed by atoms with Crippen molar-refractivity contribution >= 4 is 28.9 Å². The maximum absolute atomic E-state index is 5.97. The van der Waals surface area contributed by atoms with Crippen LogP contribution in [0.3, 0.4) is 0 Å². The zero-order valence-corrected chi connectivity index (χ0v) is 10.3. The molecule has 0 aromatic heterocycles. The van der Waals surface area contributed by atoms with Crippen molar-refractivity contribution < 1.29 is 0 Å². The Labute approximate surface area is 101 Å². The second-order valence-corrected chi connectivity index (χ2v) is 4.43. The number of halogens is 2. The molecule has 0 aliphatic rings. The van der Waals surface area contributed by atoms with Crippen LogP contribution in [-0.4, -0.2) is 6.54 Å². The van der Waals surface area contributed by atoms with Crippen LogP contribution in [0.2, 0.25) is 10.0 Å². The molecular formula is C11H16Cl2N2. The molecule has 0 amide bonds. The highest BCUT2D eigenvalue weighted by atomic mass is 35.5. The van der Waals surface area contributed by atoms with E-state index in [1.165, 1.54) is 0 Å². The molecule has 0 bridgehead atoms. The quantitative estimate of drug-likeness (QED) is 0.801. The predicted octanol–water partition coefficient (Wildman–Crippen LogP) is 3.42. The van der Waals surface area contributed by atoms with Gasteiger partial charge in [-0.1, -0.05) is 36.5 Å². The van der Waals surface area contributed by atoms with Gasteiger partial charge in [0, 0.05) is 0 Å². The summed E-state index contributed by atoms with van der Waals surface area (Å²) >= 11 is 11.9. The molecule has 1 rings (SSSR count). The van der Waals surface area contributed by atoms with E-state index >= 15 is 0 Å². The van der Waals surface area contributed by atoms with E-state index in [9.17, 15) is 0 Å². The van der Waals surface area contributed by atoms with Crippen LogP contribution >= 0.6 is 23.2 Å². The first-order chi connectivity index (χ1) is 7.10. The van der Waals surface area contributed by atoms with Crippen LogP contribution in [0.1, 0.15) is 31.2 Å². The Morgan fingerprint density at radius 2 is 1.80 bits per heavy atom. The lowest BCUT2D eigenvalue weighted by atomic mass is 9.94. The Morgan fingerprint density at radius 1 is 1.27 bits per heavy atom. The minimum Gasteiger partial charge on any atom is -0.396 e. The standard InChI is InChI=1S/C11H16Cl2N2/c1-2-3-7(6-14)8-4-9(12)11(15)10(13)5-8/h4-5,7H,2-3,6,14-15H2,1H3. The third kappa shape index (κ3) is 3.00. The summed E-state index contributed by atoms with van der Waals surface area (Å²) in [5.74, 6) is 0.311. The van der Waals surface area contributed by atoms with Gasteiger partial charge in [0.15, 0.2) is 0 Å². The summed E-state index contributed by atoms with van der Waals surface area (Å²) in [6, 6.07) is 3.71. The number of hydrogen-bond acceptors (Lipinski definition) is 2. The molecule has 4 heteroatoms. The van der Waals surface area contributed by atoms with Crippen molar-refractivity contribution in [3.05, 3.63) is 27.7 Å². The molecule has 0 fully saturated rings. The lowest BCUT2D eigenvalue weighted by molar-refractivity contribution is 0.622. The average molecular weight is 247 g/mol. The average Bonchev–Trinajstić information content (AvgIpc) is 2.22. The van der Waals surface area contributed by atoms with Gasteiger partial charge in [0.25, 0.3) is 0 Å². The zero-order chi connectivity index (χ0) is 11.4. The first kappa shape index (κ1) is 12.6. The maximum Gasteiger partial charge on any atom is 0.0693 e. The van der Waals surface area contributed by atoms with Gasteiger partial charge in [-0.05, 0) is 36.6 Å². The Morgan fingerprint density at radius 3 is 2.20 bits per heavy atom. The second kappa shape index (κ2) is 5.59. The van der Waals surface area contributed by atoms with Crippen molar-refractivity contribution in [3.8, 4) is 0 Å². The van der Waals surface area contributed by atoms with Crippen LogP contribution in [0.5, 0.6) is 0 Å². The van der Waals surface area contributed by atoms with Crippen molar-refractivity contribution in [3.63, 3.8) is 0 Å². The maximum atomic E-state index is 5.97. The van der Waals surface area contributed by atoms with Crippen LogP contribution in [-0.2, 0) is 0 Å². The SMILES string of the molecule is CCCC(CN)c1cc(Cl)c(N)c(Cl)c1. The summed E-state index contributed by atoms with van der Waals surface area (Å²) < 4.78 is 0. The Bertz CT molecular complexity index is 316. The van der Waals surface area contributed by atoms with Crippen LogP contribution in [0.4, 0.5) is 5.69 Å². The van der Waals surface area contributed by atoms with Gasteiger partial charge in [0.2, 0.25) is 0 Å². The number of hydrogen-bond donors (Lipinski definition) is 2. The van der Waals surface area contributed by atoms with Gasteiger partial charge in [-0.2, -0.15) is 0 Å². The topological polar surface area (TPSA) is 52.0 Å². The van der Waals surface area contributed by atoms with E-state index in [1.807, 2.05) is 12.1 Å². The molecule has 1 atom stereocenters. The van der Waals surface area contributed by atoms with E-state index in [0.717, 1.165) is 18.4 Å². The van der Waals surface area contributed by atoms with E-state index in [2.05, 4.69) is 6.92 Å². The minimum atomic E-state index is 0.311. The zero-order valence-electron chi connectivity index (χ0n) is 8.76. The lowest BCUT2D eigenvalue weighted by Crippen LogP contribution is -2.12. The van der Waals surface area contributed by atoms with Crippen molar-refractivity contribution in [1.82, 2.24) is 0 Å². The van der Waals surface area contributed by atoms with Crippen molar-refractivity contribution in [2.75, 3.05) is 12.3 Å². The van der Waals surface area contributed by atoms with Gasteiger partial charge in [-0.25, -0.2) is 0 Å². The van der Waals surface area contributed by atoms with Gasteiger partial charge in [0.1, 0.15) is 0 Å². The van der Waals surface area contributed by atoms with Crippen LogP contribution in [0, 0.1) is 0 Å². The van der Waals surface area contributed by atoms with E-state index in [1.54, 1.807) is 0 Å². The number of anilines is 1. The molecule has 1 aromatic rings. The summed E-state index contributed by atoms with van der Waals surface area (Å²) in [5, 5.41) is 1.01. The number of nitrogen functional groups attached to an aromatic ring is 1. The molecular weight excluding hydrogens is 231 g/mol. The molecule has 1 unspecified atom stereocenters. The third-order valence-electron chi connectivity index (χ3n) is 2.49. The van der Waals surface area contributed by atoms with Gasteiger partial charge in [-0.3, -0.25) is 0 Å².